The van der Waals surface area contributed by atoms with Crippen LogP contribution in [-0.2, 0) is 11.8 Å². The third-order valence-corrected chi connectivity index (χ3v) is 4.04. The molecule has 2 atom stereocenters. The minimum Gasteiger partial charge on any atom is -0.493 e. The second kappa shape index (κ2) is 7.33. The summed E-state index contributed by atoms with van der Waals surface area (Å²) < 4.78 is 49.5. The van der Waals surface area contributed by atoms with Crippen LogP contribution in [0.15, 0.2) is 48.5 Å². The molecule has 0 radical (unpaired) electrons. The molecule has 0 amide bonds. The van der Waals surface area contributed by atoms with Crippen molar-refractivity contribution in [2.75, 3.05) is 13.7 Å². The molecular formula is C18H20F3NO3. The van der Waals surface area contributed by atoms with Crippen LogP contribution in [0.2, 0.25) is 0 Å². The van der Waals surface area contributed by atoms with Crippen molar-refractivity contribution in [1.29, 1.82) is 0 Å². The fourth-order valence-electron chi connectivity index (χ4n) is 2.47. The minimum absolute atomic E-state index is 0.132. The number of para-hydroxylation sites is 2. The topological polar surface area (TPSA) is 64.7 Å². The lowest BCUT2D eigenvalue weighted by Gasteiger charge is -2.35. The molecule has 7 heteroatoms. The van der Waals surface area contributed by atoms with E-state index in [-0.39, 0.29) is 6.54 Å². The minimum atomic E-state index is -4.44. The van der Waals surface area contributed by atoms with Crippen molar-refractivity contribution in [3.8, 4) is 11.5 Å². The van der Waals surface area contributed by atoms with Crippen LogP contribution in [0.4, 0.5) is 13.2 Å². The first-order valence-electron chi connectivity index (χ1n) is 7.60. The van der Waals surface area contributed by atoms with Gasteiger partial charge in [-0.3, -0.25) is 0 Å². The number of aliphatic hydroxyl groups is 1. The third-order valence-electron chi connectivity index (χ3n) is 4.04. The Balaban J connectivity index is 2.44. The number of hydrogen-bond donors (Lipinski definition) is 2. The maximum Gasteiger partial charge on any atom is 0.416 e. The molecule has 0 aliphatic carbocycles. The molecule has 0 aromatic heterocycles. The smallest absolute Gasteiger partial charge is 0.416 e. The Morgan fingerprint density at radius 2 is 1.52 bits per heavy atom. The molecular weight excluding hydrogens is 335 g/mol. The van der Waals surface area contributed by atoms with Gasteiger partial charge in [0.15, 0.2) is 17.1 Å². The number of ether oxygens (including phenoxy) is 2. The first-order valence-corrected chi connectivity index (χ1v) is 7.60. The Bertz CT molecular complexity index is 703. The predicted octanol–water partition coefficient (Wildman–Crippen LogP) is 3.33. The summed E-state index contributed by atoms with van der Waals surface area (Å²) in [6.07, 6.45) is -5.58. The van der Waals surface area contributed by atoms with Gasteiger partial charge >= 0.3 is 6.18 Å². The number of benzene rings is 2. The van der Waals surface area contributed by atoms with Crippen molar-refractivity contribution in [2.45, 2.75) is 24.8 Å². The van der Waals surface area contributed by atoms with Gasteiger partial charge in [-0.25, -0.2) is 0 Å². The number of nitrogens with two attached hydrogens (primary N) is 1. The number of aliphatic hydroxyl groups excluding tert-OH is 1. The predicted molar refractivity (Wildman–Crippen MR) is 87.5 cm³/mol. The molecule has 2 unspecified atom stereocenters. The summed E-state index contributed by atoms with van der Waals surface area (Å²) in [5.41, 5.74) is 3.81. The van der Waals surface area contributed by atoms with Crippen molar-refractivity contribution in [1.82, 2.24) is 0 Å². The highest BCUT2D eigenvalue weighted by Gasteiger charge is 2.38. The van der Waals surface area contributed by atoms with Crippen LogP contribution >= 0.6 is 0 Å². The summed E-state index contributed by atoms with van der Waals surface area (Å²) >= 11 is 0. The highest BCUT2D eigenvalue weighted by atomic mass is 19.4. The Labute approximate surface area is 144 Å². The van der Waals surface area contributed by atoms with Gasteiger partial charge in [0.25, 0.3) is 0 Å². The van der Waals surface area contributed by atoms with Gasteiger partial charge in [-0.15, -0.1) is 0 Å². The molecule has 0 spiro atoms. The summed E-state index contributed by atoms with van der Waals surface area (Å²) in [7, 11) is 1.47. The third kappa shape index (κ3) is 4.05. The fraction of sp³-hybridized carbons (Fsp3) is 0.333. The average molecular weight is 355 g/mol. The van der Waals surface area contributed by atoms with Crippen LogP contribution in [0.1, 0.15) is 18.1 Å². The molecule has 136 valence electrons. The van der Waals surface area contributed by atoms with E-state index in [0.29, 0.717) is 17.1 Å². The zero-order chi connectivity index (χ0) is 18.7. The molecule has 2 aromatic carbocycles. The summed E-state index contributed by atoms with van der Waals surface area (Å²) in [5, 5.41) is 10.4. The van der Waals surface area contributed by atoms with Gasteiger partial charge in [-0.05, 0) is 36.8 Å². The molecule has 0 saturated heterocycles. The average Bonchev–Trinajstić information content (AvgIpc) is 2.60. The summed E-state index contributed by atoms with van der Waals surface area (Å²) in [5.74, 6) is 0.782. The normalized spacial score (nSPS) is 15.3. The van der Waals surface area contributed by atoms with Crippen LogP contribution in [0, 0.1) is 0 Å². The Morgan fingerprint density at radius 3 is 2.00 bits per heavy atom. The standard InChI is InChI=1S/C18H20F3NO3/c1-17(16(23)11-22,25-15-6-4-3-5-14(15)24-2)12-7-9-13(10-8-12)18(19,20)21/h3-10,16,23H,11,22H2,1-2H3. The van der Waals surface area contributed by atoms with Crippen LogP contribution in [0.25, 0.3) is 0 Å². The molecule has 0 aliphatic heterocycles. The lowest BCUT2D eigenvalue weighted by atomic mass is 9.89. The van der Waals surface area contributed by atoms with Crippen molar-refractivity contribution < 1.29 is 27.8 Å². The largest absolute Gasteiger partial charge is 0.493 e. The number of methoxy groups -OCH3 is 1. The summed E-state index contributed by atoms with van der Waals surface area (Å²) in [6.45, 7) is 1.44. The molecule has 0 fully saturated rings. The van der Waals surface area contributed by atoms with E-state index in [1.807, 2.05) is 0 Å². The SMILES string of the molecule is COc1ccccc1OC(C)(c1ccc(C(F)(F)F)cc1)C(O)CN. The quantitative estimate of drug-likeness (QED) is 0.834. The maximum absolute atomic E-state index is 12.8. The molecule has 3 N–H and O–H groups in total. The highest BCUT2D eigenvalue weighted by molar-refractivity contribution is 5.41. The van der Waals surface area contributed by atoms with Gasteiger partial charge in [0.05, 0.1) is 12.7 Å². The van der Waals surface area contributed by atoms with Gasteiger partial charge in [0.2, 0.25) is 0 Å². The summed E-state index contributed by atoms with van der Waals surface area (Å²) in [6, 6.07) is 11.2. The first kappa shape index (κ1) is 19.1. The molecule has 0 bridgehead atoms. The van der Waals surface area contributed by atoms with Crippen molar-refractivity contribution in [3.05, 3.63) is 59.7 Å². The van der Waals surface area contributed by atoms with E-state index in [1.165, 1.54) is 19.2 Å². The van der Waals surface area contributed by atoms with Gasteiger partial charge in [-0.1, -0.05) is 24.3 Å². The lowest BCUT2D eigenvalue weighted by molar-refractivity contribution is -0.137. The van der Waals surface area contributed by atoms with E-state index in [9.17, 15) is 18.3 Å². The van der Waals surface area contributed by atoms with Crippen molar-refractivity contribution in [2.24, 2.45) is 5.73 Å². The molecule has 25 heavy (non-hydrogen) atoms. The van der Waals surface area contributed by atoms with Gasteiger partial charge in [-0.2, -0.15) is 13.2 Å². The molecule has 0 heterocycles. The molecule has 2 rings (SSSR count). The molecule has 4 nitrogen and oxygen atoms in total. The van der Waals surface area contributed by atoms with Gasteiger partial charge in [0, 0.05) is 6.54 Å². The van der Waals surface area contributed by atoms with E-state index in [2.05, 4.69) is 0 Å². The molecule has 0 saturated carbocycles. The van der Waals surface area contributed by atoms with Crippen LogP contribution < -0.4 is 15.2 Å². The van der Waals surface area contributed by atoms with E-state index in [0.717, 1.165) is 12.1 Å². The molecule has 2 aromatic rings. The fourth-order valence-corrected chi connectivity index (χ4v) is 2.47. The number of hydrogen-bond acceptors (Lipinski definition) is 4. The highest BCUT2D eigenvalue weighted by Crippen LogP contribution is 2.37. The second-order valence-corrected chi connectivity index (χ2v) is 5.69. The van der Waals surface area contributed by atoms with Gasteiger partial charge < -0.3 is 20.3 Å². The van der Waals surface area contributed by atoms with E-state index in [4.69, 9.17) is 15.2 Å². The zero-order valence-corrected chi connectivity index (χ0v) is 13.9. The Kier molecular flexibility index (Phi) is 5.59. The van der Waals surface area contributed by atoms with E-state index < -0.39 is 23.4 Å². The van der Waals surface area contributed by atoms with Crippen LogP contribution in [0.5, 0.6) is 11.5 Å². The van der Waals surface area contributed by atoms with Gasteiger partial charge in [0.1, 0.15) is 6.10 Å². The Morgan fingerprint density at radius 1 is 1.00 bits per heavy atom. The number of alkyl halides is 3. The van der Waals surface area contributed by atoms with E-state index >= 15 is 0 Å². The zero-order valence-electron chi connectivity index (χ0n) is 13.9. The van der Waals surface area contributed by atoms with Crippen molar-refractivity contribution >= 4 is 0 Å². The molecule has 0 aliphatic rings. The monoisotopic (exact) mass is 355 g/mol. The van der Waals surface area contributed by atoms with Crippen molar-refractivity contribution in [3.63, 3.8) is 0 Å². The second-order valence-electron chi connectivity index (χ2n) is 5.69. The summed E-state index contributed by atoms with van der Waals surface area (Å²) in [4.78, 5) is 0. The first-order chi connectivity index (χ1) is 11.7. The van der Waals surface area contributed by atoms with E-state index in [1.54, 1.807) is 31.2 Å². The van der Waals surface area contributed by atoms with Crippen LogP contribution in [-0.4, -0.2) is 24.9 Å². The number of rotatable bonds is 6. The number of halogens is 3. The Hall–Kier alpha value is -2.25. The van der Waals surface area contributed by atoms with Crippen LogP contribution in [0.3, 0.4) is 0 Å². The maximum atomic E-state index is 12.8. The lowest BCUT2D eigenvalue weighted by Crippen LogP contribution is -2.46.